The average molecular weight is 964 g/mol. The van der Waals surface area contributed by atoms with Crippen molar-refractivity contribution < 1.29 is 28.6 Å². The largest absolute Gasteiger partial charge is 0.462 e. The van der Waals surface area contributed by atoms with Gasteiger partial charge in [0.25, 0.3) is 0 Å². The number of unbranched alkanes of at least 4 members (excludes halogenated alkanes) is 30. The van der Waals surface area contributed by atoms with Crippen molar-refractivity contribution in [2.75, 3.05) is 13.2 Å². The Bertz CT molecular complexity index is 1290. The van der Waals surface area contributed by atoms with Crippen molar-refractivity contribution in [3.63, 3.8) is 0 Å². The zero-order valence-corrected chi connectivity index (χ0v) is 45.6. The molecule has 398 valence electrons. The van der Waals surface area contributed by atoms with Gasteiger partial charge in [-0.15, -0.1) is 0 Å². The van der Waals surface area contributed by atoms with E-state index in [2.05, 4.69) is 93.7 Å². The lowest BCUT2D eigenvalue weighted by Gasteiger charge is -2.18. The van der Waals surface area contributed by atoms with Gasteiger partial charge in [-0.2, -0.15) is 0 Å². The molecule has 0 N–H and O–H groups in total. The van der Waals surface area contributed by atoms with Gasteiger partial charge in [-0.3, -0.25) is 14.4 Å². The van der Waals surface area contributed by atoms with Gasteiger partial charge in [-0.1, -0.05) is 254 Å². The molecule has 0 aromatic carbocycles. The maximum atomic E-state index is 12.8. The molecular weight excluding hydrogens is 853 g/mol. The van der Waals surface area contributed by atoms with Crippen molar-refractivity contribution in [3.05, 3.63) is 72.9 Å². The van der Waals surface area contributed by atoms with Gasteiger partial charge >= 0.3 is 17.9 Å². The van der Waals surface area contributed by atoms with Crippen LogP contribution in [0.4, 0.5) is 0 Å². The molecule has 69 heavy (non-hydrogen) atoms. The van der Waals surface area contributed by atoms with Gasteiger partial charge in [0.1, 0.15) is 13.2 Å². The highest BCUT2D eigenvalue weighted by Crippen LogP contribution is 2.16. The van der Waals surface area contributed by atoms with Crippen LogP contribution in [0.25, 0.3) is 0 Å². The second-order valence-corrected chi connectivity index (χ2v) is 19.5. The molecule has 0 bridgehead atoms. The summed E-state index contributed by atoms with van der Waals surface area (Å²) in [5.74, 6) is -0.913. The molecule has 6 nitrogen and oxygen atoms in total. The number of carbonyl (C=O) groups excluding carboxylic acids is 3. The minimum absolute atomic E-state index is 0.0873. The van der Waals surface area contributed by atoms with Gasteiger partial charge in [0, 0.05) is 19.3 Å². The van der Waals surface area contributed by atoms with E-state index in [9.17, 15) is 14.4 Å². The topological polar surface area (TPSA) is 78.9 Å². The van der Waals surface area contributed by atoms with E-state index in [0.29, 0.717) is 19.3 Å². The lowest BCUT2D eigenvalue weighted by atomic mass is 10.1. The molecule has 0 saturated carbocycles. The van der Waals surface area contributed by atoms with E-state index in [4.69, 9.17) is 14.2 Å². The molecule has 0 aromatic heterocycles. The maximum Gasteiger partial charge on any atom is 0.306 e. The Balaban J connectivity index is 4.36. The third-order valence-electron chi connectivity index (χ3n) is 12.7. The summed E-state index contributed by atoms with van der Waals surface area (Å²) in [4.78, 5) is 38.1. The molecule has 0 spiro atoms. The minimum Gasteiger partial charge on any atom is -0.462 e. The fraction of sp³-hybridized carbons (Fsp3) is 0.762. The highest BCUT2D eigenvalue weighted by atomic mass is 16.6. The van der Waals surface area contributed by atoms with Crippen LogP contribution in [-0.4, -0.2) is 37.2 Å². The third-order valence-corrected chi connectivity index (χ3v) is 12.7. The van der Waals surface area contributed by atoms with Crippen molar-refractivity contribution in [2.45, 2.75) is 297 Å². The summed E-state index contributed by atoms with van der Waals surface area (Å²) in [5.41, 5.74) is 0. The summed E-state index contributed by atoms with van der Waals surface area (Å²) in [6, 6.07) is 0. The fourth-order valence-corrected chi connectivity index (χ4v) is 8.29. The molecule has 1 unspecified atom stereocenters. The van der Waals surface area contributed by atoms with Gasteiger partial charge in [-0.25, -0.2) is 0 Å². The summed E-state index contributed by atoms with van der Waals surface area (Å²) >= 11 is 0. The molecule has 0 heterocycles. The molecule has 0 rings (SSSR count). The maximum absolute atomic E-state index is 12.8. The Morgan fingerprint density at radius 2 is 0.565 bits per heavy atom. The average Bonchev–Trinajstić information content (AvgIpc) is 3.35. The lowest BCUT2D eigenvalue weighted by molar-refractivity contribution is -0.167. The van der Waals surface area contributed by atoms with Crippen LogP contribution in [0.5, 0.6) is 0 Å². The number of allylic oxidation sites excluding steroid dienone is 12. The Morgan fingerprint density at radius 1 is 0.304 bits per heavy atom. The van der Waals surface area contributed by atoms with E-state index >= 15 is 0 Å². The van der Waals surface area contributed by atoms with Crippen LogP contribution in [0.3, 0.4) is 0 Å². The number of rotatable bonds is 53. The smallest absolute Gasteiger partial charge is 0.306 e. The predicted molar refractivity (Wildman–Crippen MR) is 298 cm³/mol. The second kappa shape index (κ2) is 57.4. The quantitative estimate of drug-likeness (QED) is 0.0262. The van der Waals surface area contributed by atoms with Crippen molar-refractivity contribution in [3.8, 4) is 0 Å². The van der Waals surface area contributed by atoms with E-state index in [1.54, 1.807) is 0 Å². The lowest BCUT2D eigenvalue weighted by Crippen LogP contribution is -2.30. The first kappa shape index (κ1) is 65.8. The van der Waals surface area contributed by atoms with Crippen molar-refractivity contribution >= 4 is 17.9 Å². The SMILES string of the molecule is CC/C=C\C/C=C\C/C=C\C/C=C\C/C=C\CCCCCC(=O)OC(COC(=O)CCCCCCCCCCC/C=C\CCCCCCCCCC)COC(=O)CCCCCCCCCCCCC. The van der Waals surface area contributed by atoms with Crippen LogP contribution < -0.4 is 0 Å². The van der Waals surface area contributed by atoms with Crippen molar-refractivity contribution in [1.29, 1.82) is 0 Å². The first-order chi connectivity index (χ1) is 34.0. The number of hydrogen-bond acceptors (Lipinski definition) is 6. The molecule has 0 amide bonds. The van der Waals surface area contributed by atoms with Crippen LogP contribution in [0.15, 0.2) is 72.9 Å². The fourth-order valence-electron chi connectivity index (χ4n) is 8.29. The highest BCUT2D eigenvalue weighted by molar-refractivity contribution is 5.71. The first-order valence-electron chi connectivity index (χ1n) is 29.4. The van der Waals surface area contributed by atoms with Crippen LogP contribution in [0.2, 0.25) is 0 Å². The van der Waals surface area contributed by atoms with Gasteiger partial charge in [0.2, 0.25) is 0 Å². The summed E-state index contributed by atoms with van der Waals surface area (Å²) in [6.45, 7) is 6.51. The Hall–Kier alpha value is -3.15. The van der Waals surface area contributed by atoms with Gasteiger partial charge in [-0.05, 0) is 89.9 Å². The summed E-state index contributed by atoms with van der Waals surface area (Å²) in [6.07, 6.45) is 73.3. The molecule has 0 radical (unpaired) electrons. The second-order valence-electron chi connectivity index (χ2n) is 19.5. The Kier molecular flexibility index (Phi) is 54.8. The molecule has 0 aliphatic heterocycles. The molecule has 0 saturated heterocycles. The molecule has 0 aromatic rings. The summed E-state index contributed by atoms with van der Waals surface area (Å²) in [7, 11) is 0. The normalized spacial score (nSPS) is 12.6. The van der Waals surface area contributed by atoms with Gasteiger partial charge in [0.05, 0.1) is 0 Å². The van der Waals surface area contributed by atoms with E-state index in [1.807, 2.05) is 0 Å². The van der Waals surface area contributed by atoms with Crippen LogP contribution in [0, 0.1) is 0 Å². The molecular formula is C63H110O6. The predicted octanol–water partition coefficient (Wildman–Crippen LogP) is 19.8. The minimum atomic E-state index is -0.792. The number of hydrogen-bond donors (Lipinski definition) is 0. The number of carbonyl (C=O) groups is 3. The van der Waals surface area contributed by atoms with Crippen molar-refractivity contribution in [1.82, 2.24) is 0 Å². The number of esters is 3. The monoisotopic (exact) mass is 963 g/mol. The van der Waals surface area contributed by atoms with Crippen LogP contribution >= 0.6 is 0 Å². The summed E-state index contributed by atoms with van der Waals surface area (Å²) < 4.78 is 16.8. The van der Waals surface area contributed by atoms with Crippen LogP contribution in [-0.2, 0) is 28.6 Å². The molecule has 0 aliphatic carbocycles. The van der Waals surface area contributed by atoms with E-state index in [0.717, 1.165) is 96.3 Å². The molecule has 6 heteroatoms. The molecule has 0 aliphatic rings. The standard InChI is InChI=1S/C63H110O6/c1-4-7-10-13-16-19-22-24-26-28-30-31-33-34-36-38-41-44-47-50-53-56-62(65)68-59-60(58-67-61(64)55-52-49-46-43-40-21-18-15-12-9-6-3)69-63(66)57-54-51-48-45-42-39-37-35-32-29-27-25-23-20-17-14-11-8-5-2/h8,11,17,20,25,27-28,30,32,35,39,42,60H,4-7,9-10,12-16,18-19,21-24,26,29,31,33-34,36-38,40-41,43-59H2,1-3H3/b11-8-,20-17-,27-25-,30-28-,35-32-,42-39-. The van der Waals surface area contributed by atoms with E-state index in [1.165, 1.54) is 154 Å². The van der Waals surface area contributed by atoms with Crippen LogP contribution in [0.1, 0.15) is 290 Å². The van der Waals surface area contributed by atoms with E-state index in [-0.39, 0.29) is 31.1 Å². The van der Waals surface area contributed by atoms with Gasteiger partial charge < -0.3 is 14.2 Å². The Morgan fingerprint density at radius 3 is 0.913 bits per heavy atom. The zero-order chi connectivity index (χ0) is 50.0. The zero-order valence-electron chi connectivity index (χ0n) is 45.6. The summed E-state index contributed by atoms with van der Waals surface area (Å²) in [5, 5.41) is 0. The van der Waals surface area contributed by atoms with E-state index < -0.39 is 6.10 Å². The molecule has 0 fully saturated rings. The third kappa shape index (κ3) is 55.6. The number of ether oxygens (including phenoxy) is 3. The van der Waals surface area contributed by atoms with Gasteiger partial charge in [0.15, 0.2) is 6.10 Å². The Labute approximate surface area is 427 Å². The first-order valence-corrected chi connectivity index (χ1v) is 29.4. The molecule has 1 atom stereocenters. The van der Waals surface area contributed by atoms with Crippen molar-refractivity contribution in [2.24, 2.45) is 0 Å². The highest BCUT2D eigenvalue weighted by Gasteiger charge is 2.19.